The Hall–Kier alpha value is -2.50. The lowest BCUT2D eigenvalue weighted by Gasteiger charge is -2.18. The summed E-state index contributed by atoms with van der Waals surface area (Å²) in [4.78, 5) is 11.3. The zero-order valence-corrected chi connectivity index (χ0v) is 24.7. The van der Waals surface area contributed by atoms with Crippen LogP contribution in [0.25, 0.3) is 5.69 Å². The minimum atomic E-state index is -0.607. The first-order chi connectivity index (χ1) is 18.2. The normalized spacial score (nSPS) is 11.8. The zero-order chi connectivity index (χ0) is 27.4. The Bertz CT molecular complexity index is 1470. The number of ether oxygens (including phenoxy) is 2. The SMILES string of the molecule is COc1cc([C@H](C[N+](=O)[O-])Sc2nnc(C)n2-c2ccc(Cl)cc2)cc(Br)c1OCc1ccc(Cl)cc1Cl. The highest BCUT2D eigenvalue weighted by atomic mass is 79.9. The monoisotopic (exact) mass is 656 g/mol. The van der Waals surface area contributed by atoms with Gasteiger partial charge < -0.3 is 9.47 Å². The zero-order valence-electron chi connectivity index (χ0n) is 20.0. The van der Waals surface area contributed by atoms with Crippen molar-refractivity contribution in [2.75, 3.05) is 13.7 Å². The van der Waals surface area contributed by atoms with Gasteiger partial charge in [-0.25, -0.2) is 0 Å². The number of aromatic nitrogens is 3. The molecule has 4 rings (SSSR count). The van der Waals surface area contributed by atoms with Crippen LogP contribution in [0, 0.1) is 17.0 Å². The van der Waals surface area contributed by atoms with E-state index in [1.807, 2.05) is 23.6 Å². The second kappa shape index (κ2) is 12.6. The molecule has 13 heteroatoms. The van der Waals surface area contributed by atoms with Crippen molar-refractivity contribution >= 4 is 62.5 Å². The second-order valence-electron chi connectivity index (χ2n) is 8.02. The van der Waals surface area contributed by atoms with E-state index < -0.39 is 5.25 Å². The first-order valence-electron chi connectivity index (χ1n) is 11.1. The van der Waals surface area contributed by atoms with Crippen LogP contribution in [0.3, 0.4) is 0 Å². The molecule has 0 amide bonds. The van der Waals surface area contributed by atoms with Gasteiger partial charge in [0.25, 0.3) is 0 Å². The van der Waals surface area contributed by atoms with Gasteiger partial charge in [-0.3, -0.25) is 14.7 Å². The van der Waals surface area contributed by atoms with E-state index in [1.54, 1.807) is 42.5 Å². The highest BCUT2D eigenvalue weighted by Gasteiger charge is 2.26. The van der Waals surface area contributed by atoms with E-state index in [0.29, 0.717) is 47.6 Å². The molecule has 0 aliphatic carbocycles. The molecule has 0 saturated carbocycles. The molecule has 4 aromatic rings. The lowest BCUT2D eigenvalue weighted by Crippen LogP contribution is -2.12. The molecule has 0 radical (unpaired) electrons. The van der Waals surface area contributed by atoms with Crippen molar-refractivity contribution in [1.29, 1.82) is 0 Å². The van der Waals surface area contributed by atoms with E-state index in [0.717, 1.165) is 11.3 Å². The van der Waals surface area contributed by atoms with Crippen LogP contribution in [0.2, 0.25) is 15.1 Å². The molecule has 0 N–H and O–H groups in total. The van der Waals surface area contributed by atoms with Crippen LogP contribution in [0.15, 0.2) is 64.2 Å². The summed E-state index contributed by atoms with van der Waals surface area (Å²) in [6.07, 6.45) is 0. The van der Waals surface area contributed by atoms with E-state index >= 15 is 0 Å². The lowest BCUT2D eigenvalue weighted by atomic mass is 10.1. The Balaban J connectivity index is 1.65. The molecule has 1 aromatic heterocycles. The number of methoxy groups -OCH3 is 1. The van der Waals surface area contributed by atoms with Crippen molar-refractivity contribution in [3.05, 3.63) is 101 Å². The molecule has 0 saturated heterocycles. The quantitative estimate of drug-likeness (QED) is 0.0969. The fraction of sp³-hybridized carbons (Fsp3) is 0.200. The summed E-state index contributed by atoms with van der Waals surface area (Å²) in [6, 6.07) is 15.8. The van der Waals surface area contributed by atoms with Crippen LogP contribution in [0.4, 0.5) is 0 Å². The van der Waals surface area contributed by atoms with E-state index in [4.69, 9.17) is 44.3 Å². The molecule has 8 nitrogen and oxygen atoms in total. The third-order valence-electron chi connectivity index (χ3n) is 5.45. The van der Waals surface area contributed by atoms with Gasteiger partial charge in [-0.05, 0) is 76.9 Å². The van der Waals surface area contributed by atoms with E-state index in [1.165, 1.54) is 18.9 Å². The molecule has 0 aliphatic rings. The number of hydrogen-bond donors (Lipinski definition) is 0. The summed E-state index contributed by atoms with van der Waals surface area (Å²) in [5.41, 5.74) is 2.19. The number of nitrogens with zero attached hydrogens (tertiary/aromatic N) is 4. The predicted octanol–water partition coefficient (Wildman–Crippen LogP) is 8.00. The third kappa shape index (κ3) is 6.73. The number of thioether (sulfide) groups is 1. The minimum absolute atomic E-state index is 0.168. The first kappa shape index (κ1) is 28.5. The molecule has 1 heterocycles. The van der Waals surface area contributed by atoms with Gasteiger partial charge in [0, 0.05) is 31.2 Å². The summed E-state index contributed by atoms with van der Waals surface area (Å²) < 4.78 is 14.0. The van der Waals surface area contributed by atoms with Crippen molar-refractivity contribution in [1.82, 2.24) is 14.8 Å². The largest absolute Gasteiger partial charge is 0.493 e. The number of halogens is 4. The molecule has 0 fully saturated rings. The topological polar surface area (TPSA) is 92.3 Å². The van der Waals surface area contributed by atoms with Crippen LogP contribution >= 0.6 is 62.5 Å². The first-order valence-corrected chi connectivity index (χ1v) is 13.9. The molecule has 3 aromatic carbocycles. The number of nitro groups is 1. The van der Waals surface area contributed by atoms with Crippen molar-refractivity contribution < 1.29 is 14.4 Å². The molecular formula is C25H20BrCl3N4O4S. The highest BCUT2D eigenvalue weighted by molar-refractivity contribution is 9.10. The van der Waals surface area contributed by atoms with Crippen LogP contribution in [-0.2, 0) is 6.61 Å². The van der Waals surface area contributed by atoms with Gasteiger partial charge in [0.2, 0.25) is 6.54 Å². The number of hydrogen-bond acceptors (Lipinski definition) is 7. The predicted molar refractivity (Wildman–Crippen MR) is 153 cm³/mol. The lowest BCUT2D eigenvalue weighted by molar-refractivity contribution is -0.479. The molecule has 1 atom stereocenters. The van der Waals surface area contributed by atoms with Gasteiger partial charge in [-0.15, -0.1) is 10.2 Å². The van der Waals surface area contributed by atoms with Gasteiger partial charge in [-0.1, -0.05) is 52.6 Å². The average Bonchev–Trinajstić information content (AvgIpc) is 3.23. The minimum Gasteiger partial charge on any atom is -0.493 e. The molecule has 198 valence electrons. The fourth-order valence-electron chi connectivity index (χ4n) is 3.63. The number of rotatable bonds is 10. The van der Waals surface area contributed by atoms with Gasteiger partial charge in [0.15, 0.2) is 16.7 Å². The van der Waals surface area contributed by atoms with E-state index in [9.17, 15) is 10.1 Å². The summed E-state index contributed by atoms with van der Waals surface area (Å²) in [6.45, 7) is 1.63. The molecule has 0 bridgehead atoms. The van der Waals surface area contributed by atoms with E-state index in [-0.39, 0.29) is 18.1 Å². The summed E-state index contributed by atoms with van der Waals surface area (Å²) in [5.74, 6) is 1.48. The fourth-order valence-corrected chi connectivity index (χ4v) is 5.95. The summed E-state index contributed by atoms with van der Waals surface area (Å²) in [5, 5.41) is 21.6. The van der Waals surface area contributed by atoms with Gasteiger partial charge >= 0.3 is 0 Å². The Morgan fingerprint density at radius 2 is 1.79 bits per heavy atom. The van der Waals surface area contributed by atoms with Crippen molar-refractivity contribution in [3.63, 3.8) is 0 Å². The maximum Gasteiger partial charge on any atom is 0.220 e. The summed E-state index contributed by atoms with van der Waals surface area (Å²) >= 11 is 23.1. The van der Waals surface area contributed by atoms with Crippen LogP contribution in [0.5, 0.6) is 11.5 Å². The van der Waals surface area contributed by atoms with Gasteiger partial charge in [-0.2, -0.15) is 0 Å². The highest BCUT2D eigenvalue weighted by Crippen LogP contribution is 2.43. The maximum absolute atomic E-state index is 11.6. The van der Waals surface area contributed by atoms with Crippen molar-refractivity contribution in [2.45, 2.75) is 23.9 Å². The van der Waals surface area contributed by atoms with Crippen LogP contribution in [-0.4, -0.2) is 33.3 Å². The molecule has 38 heavy (non-hydrogen) atoms. The maximum atomic E-state index is 11.6. The van der Waals surface area contributed by atoms with Gasteiger partial charge in [0.1, 0.15) is 17.7 Å². The Labute approximate surface area is 246 Å². The third-order valence-corrected chi connectivity index (χ3v) is 8.06. The second-order valence-corrected chi connectivity index (χ2v) is 11.3. The Morgan fingerprint density at radius 1 is 1.08 bits per heavy atom. The Kier molecular flexibility index (Phi) is 9.43. The van der Waals surface area contributed by atoms with Crippen molar-refractivity contribution in [3.8, 4) is 17.2 Å². The summed E-state index contributed by atoms with van der Waals surface area (Å²) in [7, 11) is 1.50. The van der Waals surface area contributed by atoms with Gasteiger partial charge in [0.05, 0.1) is 11.6 Å². The van der Waals surface area contributed by atoms with E-state index in [2.05, 4.69) is 26.1 Å². The smallest absolute Gasteiger partial charge is 0.220 e. The molecule has 0 unspecified atom stereocenters. The van der Waals surface area contributed by atoms with Crippen LogP contribution in [0.1, 0.15) is 22.2 Å². The van der Waals surface area contributed by atoms with Crippen LogP contribution < -0.4 is 9.47 Å². The van der Waals surface area contributed by atoms with Crippen molar-refractivity contribution in [2.24, 2.45) is 0 Å². The number of aryl methyl sites for hydroxylation is 1. The average molecular weight is 659 g/mol. The molecule has 0 spiro atoms. The Morgan fingerprint density at radius 3 is 2.45 bits per heavy atom. The molecular weight excluding hydrogens is 639 g/mol. The number of benzene rings is 3. The standard InChI is InChI=1S/C25H20BrCl3N4O4S/c1-14-30-31-25(33(14)19-7-5-17(27)6-8-19)38-23(12-32(34)35)16-9-20(26)24(22(10-16)36-2)37-13-15-3-4-18(28)11-21(15)29/h3-11,23H,12-13H2,1-2H3/t23-/m0/s1. The molecule has 0 aliphatic heterocycles.